The van der Waals surface area contributed by atoms with Crippen molar-refractivity contribution in [3.63, 3.8) is 0 Å². The minimum Gasteiger partial charge on any atom is -0.352 e. The van der Waals surface area contributed by atoms with Crippen LogP contribution in [0.2, 0.25) is 0 Å². The molecule has 1 atom stereocenters. The summed E-state index contributed by atoms with van der Waals surface area (Å²) in [5.74, 6) is 1.23. The van der Waals surface area contributed by atoms with Crippen molar-refractivity contribution < 1.29 is 4.79 Å². The van der Waals surface area contributed by atoms with Crippen molar-refractivity contribution in [1.29, 1.82) is 0 Å². The maximum absolute atomic E-state index is 10.3. The van der Waals surface area contributed by atoms with E-state index in [4.69, 9.17) is 5.73 Å². The third kappa shape index (κ3) is 2.47. The third-order valence-corrected chi connectivity index (χ3v) is 2.93. The molecule has 1 aliphatic rings. The average Bonchev–Trinajstić information content (AvgIpc) is 2.34. The van der Waals surface area contributed by atoms with Crippen molar-refractivity contribution in [2.45, 2.75) is 18.1 Å². The van der Waals surface area contributed by atoms with Crippen LogP contribution in [-0.4, -0.2) is 23.6 Å². The van der Waals surface area contributed by atoms with Gasteiger partial charge >= 0.3 is 6.03 Å². The first-order chi connectivity index (χ1) is 4.79. The van der Waals surface area contributed by atoms with Gasteiger partial charge in [0.05, 0.1) is 0 Å². The van der Waals surface area contributed by atoms with Crippen LogP contribution in [-0.2, 0) is 0 Å². The molecular formula is C6H12N2OS. The van der Waals surface area contributed by atoms with E-state index in [1.807, 2.05) is 11.8 Å². The first-order valence-electron chi connectivity index (χ1n) is 3.44. The van der Waals surface area contributed by atoms with Gasteiger partial charge in [-0.1, -0.05) is 0 Å². The number of nitrogens with one attached hydrogen (secondary N) is 1. The van der Waals surface area contributed by atoms with Crippen molar-refractivity contribution in [1.82, 2.24) is 5.32 Å². The molecule has 1 rings (SSSR count). The molecule has 3 N–H and O–H groups in total. The summed E-state index contributed by atoms with van der Waals surface area (Å²) in [7, 11) is 0. The van der Waals surface area contributed by atoms with E-state index in [1.165, 1.54) is 18.6 Å². The van der Waals surface area contributed by atoms with Crippen molar-refractivity contribution >= 4 is 17.8 Å². The van der Waals surface area contributed by atoms with E-state index in [-0.39, 0.29) is 0 Å². The minimum atomic E-state index is -0.410. The first-order valence-corrected chi connectivity index (χ1v) is 4.49. The lowest BCUT2D eigenvalue weighted by molar-refractivity contribution is 0.249. The summed E-state index contributed by atoms with van der Waals surface area (Å²) >= 11 is 1.91. The molecule has 1 heterocycles. The van der Waals surface area contributed by atoms with Gasteiger partial charge in [-0.3, -0.25) is 0 Å². The second kappa shape index (κ2) is 3.71. The Morgan fingerprint density at radius 3 is 3.10 bits per heavy atom. The first kappa shape index (κ1) is 7.72. The van der Waals surface area contributed by atoms with Gasteiger partial charge in [0.2, 0.25) is 0 Å². The number of thioether (sulfide) groups is 1. The number of carbonyl (C=O) groups excluding carboxylic acids is 1. The van der Waals surface area contributed by atoms with Crippen molar-refractivity contribution in [3.8, 4) is 0 Å². The Bertz CT molecular complexity index is 123. The summed E-state index contributed by atoms with van der Waals surface area (Å²) in [6.07, 6.45) is 2.49. The van der Waals surface area contributed by atoms with Gasteiger partial charge in [0, 0.05) is 11.8 Å². The van der Waals surface area contributed by atoms with E-state index in [0.717, 1.165) is 6.54 Å². The van der Waals surface area contributed by atoms with Crippen LogP contribution in [0.25, 0.3) is 0 Å². The van der Waals surface area contributed by atoms with E-state index < -0.39 is 6.03 Å². The number of urea groups is 1. The normalized spacial score (nSPS) is 24.6. The Balaban J connectivity index is 2.07. The molecule has 0 aliphatic carbocycles. The molecule has 1 aliphatic heterocycles. The molecule has 10 heavy (non-hydrogen) atoms. The summed E-state index contributed by atoms with van der Waals surface area (Å²) in [6, 6.07) is -0.410. The molecule has 0 bridgehead atoms. The summed E-state index contributed by atoms with van der Waals surface area (Å²) < 4.78 is 0. The van der Waals surface area contributed by atoms with Gasteiger partial charge in [-0.2, -0.15) is 11.8 Å². The zero-order valence-corrected chi connectivity index (χ0v) is 6.62. The highest BCUT2D eigenvalue weighted by Crippen LogP contribution is 2.24. The Morgan fingerprint density at radius 1 is 1.80 bits per heavy atom. The van der Waals surface area contributed by atoms with Gasteiger partial charge < -0.3 is 11.1 Å². The van der Waals surface area contributed by atoms with Gasteiger partial charge in [-0.25, -0.2) is 4.79 Å². The zero-order chi connectivity index (χ0) is 7.40. The maximum Gasteiger partial charge on any atom is 0.312 e. The summed E-state index contributed by atoms with van der Waals surface area (Å²) in [5.41, 5.74) is 4.91. The summed E-state index contributed by atoms with van der Waals surface area (Å²) in [4.78, 5) is 10.3. The largest absolute Gasteiger partial charge is 0.352 e. The lowest BCUT2D eigenvalue weighted by atomic mass is 10.2. The molecule has 1 fully saturated rings. The smallest absolute Gasteiger partial charge is 0.312 e. The standard InChI is InChI=1S/C6H12N2OS/c7-6(9)8-4-5-2-1-3-10-5/h5H,1-4H2,(H3,7,8,9). The fourth-order valence-corrected chi connectivity index (χ4v) is 2.22. The number of rotatable bonds is 2. The molecular weight excluding hydrogens is 148 g/mol. The van der Waals surface area contributed by atoms with Crippen LogP contribution in [0.4, 0.5) is 4.79 Å². The van der Waals surface area contributed by atoms with Crippen LogP contribution in [0.1, 0.15) is 12.8 Å². The number of primary amides is 1. The molecule has 0 spiro atoms. The molecule has 3 nitrogen and oxygen atoms in total. The summed E-state index contributed by atoms with van der Waals surface area (Å²) in [5, 5.41) is 3.21. The van der Waals surface area contributed by atoms with E-state index in [0.29, 0.717) is 5.25 Å². The zero-order valence-electron chi connectivity index (χ0n) is 5.80. The van der Waals surface area contributed by atoms with Crippen LogP contribution in [0.15, 0.2) is 0 Å². The number of hydrogen-bond donors (Lipinski definition) is 2. The number of nitrogens with two attached hydrogens (primary N) is 1. The predicted octanol–water partition coefficient (Wildman–Crippen LogP) is 0.550. The van der Waals surface area contributed by atoms with Crippen molar-refractivity contribution in [2.75, 3.05) is 12.3 Å². The van der Waals surface area contributed by atoms with Gasteiger partial charge in [0.15, 0.2) is 0 Å². The van der Waals surface area contributed by atoms with Crippen molar-refractivity contribution in [2.24, 2.45) is 5.73 Å². The molecule has 4 heteroatoms. The molecule has 0 saturated carbocycles. The van der Waals surface area contributed by atoms with Crippen LogP contribution >= 0.6 is 11.8 Å². The SMILES string of the molecule is NC(=O)NCC1CCCS1. The lowest BCUT2D eigenvalue weighted by Gasteiger charge is -2.06. The fraction of sp³-hybridized carbons (Fsp3) is 0.833. The molecule has 1 saturated heterocycles. The van der Waals surface area contributed by atoms with Crippen molar-refractivity contribution in [3.05, 3.63) is 0 Å². The van der Waals surface area contributed by atoms with Gasteiger partial charge in [-0.05, 0) is 18.6 Å². The molecule has 1 unspecified atom stereocenters. The van der Waals surface area contributed by atoms with E-state index >= 15 is 0 Å². The molecule has 0 aromatic heterocycles. The fourth-order valence-electron chi connectivity index (χ4n) is 1.02. The van der Waals surface area contributed by atoms with Gasteiger partial charge in [0.1, 0.15) is 0 Å². The van der Waals surface area contributed by atoms with Crippen LogP contribution < -0.4 is 11.1 Å². The highest BCUT2D eigenvalue weighted by Gasteiger charge is 2.14. The molecule has 58 valence electrons. The highest BCUT2D eigenvalue weighted by molar-refractivity contribution is 8.00. The third-order valence-electron chi connectivity index (χ3n) is 1.53. The average molecular weight is 160 g/mol. The minimum absolute atomic E-state index is 0.410. The molecule has 0 radical (unpaired) electrons. The monoisotopic (exact) mass is 160 g/mol. The topological polar surface area (TPSA) is 55.1 Å². The molecule has 2 amide bonds. The Hall–Kier alpha value is -0.380. The predicted molar refractivity (Wildman–Crippen MR) is 43.1 cm³/mol. The maximum atomic E-state index is 10.3. The number of carbonyl (C=O) groups is 1. The number of amides is 2. The van der Waals surface area contributed by atoms with Crippen LogP contribution in [0.5, 0.6) is 0 Å². The molecule has 0 aromatic rings. The van der Waals surface area contributed by atoms with E-state index in [1.54, 1.807) is 0 Å². The summed E-state index contributed by atoms with van der Waals surface area (Å²) in [6.45, 7) is 0.736. The Morgan fingerprint density at radius 2 is 2.60 bits per heavy atom. The number of hydrogen-bond acceptors (Lipinski definition) is 2. The van der Waals surface area contributed by atoms with Gasteiger partial charge in [-0.15, -0.1) is 0 Å². The second-order valence-corrected chi connectivity index (χ2v) is 3.79. The van der Waals surface area contributed by atoms with Gasteiger partial charge in [0.25, 0.3) is 0 Å². The Labute approximate surface area is 64.7 Å². The molecule has 0 aromatic carbocycles. The quantitative estimate of drug-likeness (QED) is 0.620. The van der Waals surface area contributed by atoms with Crippen LogP contribution in [0, 0.1) is 0 Å². The van der Waals surface area contributed by atoms with Crippen LogP contribution in [0.3, 0.4) is 0 Å². The highest BCUT2D eigenvalue weighted by atomic mass is 32.2. The van der Waals surface area contributed by atoms with E-state index in [9.17, 15) is 4.79 Å². The van der Waals surface area contributed by atoms with E-state index in [2.05, 4.69) is 5.32 Å². The Kier molecular flexibility index (Phi) is 2.86. The second-order valence-electron chi connectivity index (χ2n) is 2.38. The lowest BCUT2D eigenvalue weighted by Crippen LogP contribution is -2.33.